The van der Waals surface area contributed by atoms with Gasteiger partial charge < -0.3 is 19.6 Å². The number of para-hydroxylation sites is 1. The lowest BCUT2D eigenvalue weighted by atomic mass is 10.1. The fourth-order valence-electron chi connectivity index (χ4n) is 4.41. The molecule has 0 fully saturated rings. The third-order valence-corrected chi connectivity index (χ3v) is 6.61. The van der Waals surface area contributed by atoms with Crippen LogP contribution in [-0.4, -0.2) is 67.3 Å². The number of anilines is 1. The highest BCUT2D eigenvalue weighted by Crippen LogP contribution is 2.28. The van der Waals surface area contributed by atoms with Crippen molar-refractivity contribution in [2.24, 2.45) is 0 Å². The molecule has 6 nitrogen and oxygen atoms in total. The molecule has 0 bridgehead atoms. The fraction of sp³-hybridized carbons (Fsp3) is 0.310. The summed E-state index contributed by atoms with van der Waals surface area (Å²) in [6.07, 6.45) is 0. The minimum atomic E-state index is -0.181. The zero-order valence-electron chi connectivity index (χ0n) is 21.2. The van der Waals surface area contributed by atoms with E-state index >= 15 is 0 Å². The van der Waals surface area contributed by atoms with Gasteiger partial charge in [0.1, 0.15) is 6.54 Å². The zero-order chi connectivity index (χ0) is 25.7. The molecule has 0 aliphatic carbocycles. The number of hydrogen-bond donors (Lipinski definition) is 0. The van der Waals surface area contributed by atoms with Gasteiger partial charge in [-0.25, -0.2) is 0 Å². The van der Waals surface area contributed by atoms with E-state index in [0.717, 1.165) is 36.4 Å². The Morgan fingerprint density at radius 3 is 2.36 bits per heavy atom. The largest absolute Gasteiger partial charge is 0.325 e. The zero-order valence-corrected chi connectivity index (χ0v) is 21.9. The van der Waals surface area contributed by atoms with Crippen molar-refractivity contribution in [2.75, 3.05) is 45.7 Å². The van der Waals surface area contributed by atoms with Crippen LogP contribution in [0.2, 0.25) is 5.02 Å². The van der Waals surface area contributed by atoms with Gasteiger partial charge in [0.2, 0.25) is 5.91 Å². The maximum absolute atomic E-state index is 13.5. The van der Waals surface area contributed by atoms with Crippen LogP contribution in [0.5, 0.6) is 0 Å². The highest BCUT2D eigenvalue weighted by atomic mass is 35.5. The number of halogens is 1. The van der Waals surface area contributed by atoms with Gasteiger partial charge in [-0.2, -0.15) is 0 Å². The molecule has 0 atom stereocenters. The molecule has 0 radical (unpaired) electrons. The van der Waals surface area contributed by atoms with Gasteiger partial charge in [-0.15, -0.1) is 0 Å². The molecular formula is C29H33ClN4O2. The van der Waals surface area contributed by atoms with Crippen molar-refractivity contribution in [1.82, 2.24) is 14.7 Å². The fourth-order valence-corrected chi connectivity index (χ4v) is 4.54. The molecule has 0 aromatic heterocycles. The van der Waals surface area contributed by atoms with Crippen molar-refractivity contribution in [1.29, 1.82) is 0 Å². The molecule has 188 valence electrons. The summed E-state index contributed by atoms with van der Waals surface area (Å²) >= 11 is 5.99. The summed E-state index contributed by atoms with van der Waals surface area (Å²) < 4.78 is 0. The van der Waals surface area contributed by atoms with Gasteiger partial charge in [0.25, 0.3) is 5.91 Å². The van der Waals surface area contributed by atoms with Crippen molar-refractivity contribution in [3.63, 3.8) is 0 Å². The number of carbonyl (C=O) groups excluding carboxylic acids is 2. The number of hydrogen-bond acceptors (Lipinski definition) is 4. The molecule has 36 heavy (non-hydrogen) atoms. The van der Waals surface area contributed by atoms with E-state index in [1.54, 1.807) is 34.1 Å². The van der Waals surface area contributed by atoms with Crippen molar-refractivity contribution in [3.05, 3.63) is 100 Å². The molecular weight excluding hydrogens is 472 g/mol. The Kier molecular flexibility index (Phi) is 8.41. The van der Waals surface area contributed by atoms with E-state index < -0.39 is 0 Å². The first-order valence-corrected chi connectivity index (χ1v) is 12.5. The molecule has 4 rings (SSSR count). The molecule has 3 aromatic rings. The monoisotopic (exact) mass is 504 g/mol. The quantitative estimate of drug-likeness (QED) is 0.452. The SMILES string of the molecule is CN(C)CCN(C)Cc1cccc(CN2C(=O)CN(C(=O)c3ccc(Cl)cc3)Cc3ccccc32)c1. The lowest BCUT2D eigenvalue weighted by Gasteiger charge is -2.24. The molecule has 1 aliphatic rings. The van der Waals surface area contributed by atoms with E-state index in [9.17, 15) is 9.59 Å². The Bertz CT molecular complexity index is 1210. The van der Waals surface area contributed by atoms with Crippen LogP contribution in [0.3, 0.4) is 0 Å². The predicted octanol–water partition coefficient (Wildman–Crippen LogP) is 4.52. The lowest BCUT2D eigenvalue weighted by molar-refractivity contribution is -0.119. The van der Waals surface area contributed by atoms with Crippen LogP contribution in [0, 0.1) is 0 Å². The summed E-state index contributed by atoms with van der Waals surface area (Å²) in [7, 11) is 6.28. The smallest absolute Gasteiger partial charge is 0.254 e. The minimum absolute atomic E-state index is 0.0170. The van der Waals surface area contributed by atoms with Crippen LogP contribution in [0.15, 0.2) is 72.8 Å². The van der Waals surface area contributed by atoms with Gasteiger partial charge in [0.15, 0.2) is 0 Å². The Hall–Kier alpha value is -3.19. The topological polar surface area (TPSA) is 47.1 Å². The van der Waals surface area contributed by atoms with E-state index in [-0.39, 0.29) is 18.4 Å². The highest BCUT2D eigenvalue weighted by molar-refractivity contribution is 6.30. The van der Waals surface area contributed by atoms with Crippen LogP contribution in [0.1, 0.15) is 27.0 Å². The predicted molar refractivity (Wildman–Crippen MR) is 145 cm³/mol. The maximum Gasteiger partial charge on any atom is 0.254 e. The second kappa shape index (κ2) is 11.7. The van der Waals surface area contributed by atoms with Gasteiger partial charge in [0, 0.05) is 42.5 Å². The number of carbonyl (C=O) groups is 2. The molecule has 0 saturated carbocycles. The van der Waals surface area contributed by atoms with Gasteiger partial charge in [0.05, 0.1) is 6.54 Å². The number of likely N-dealkylation sites (N-methyl/N-ethyl adjacent to an activating group) is 2. The minimum Gasteiger partial charge on any atom is -0.325 e. The number of nitrogens with zero attached hydrogens (tertiary/aromatic N) is 4. The van der Waals surface area contributed by atoms with Gasteiger partial charge in [-0.3, -0.25) is 9.59 Å². The molecule has 3 aromatic carbocycles. The van der Waals surface area contributed by atoms with Gasteiger partial charge in [-0.1, -0.05) is 54.1 Å². The Morgan fingerprint density at radius 1 is 0.889 bits per heavy atom. The molecule has 2 amide bonds. The van der Waals surface area contributed by atoms with Crippen molar-refractivity contribution >= 4 is 29.1 Å². The lowest BCUT2D eigenvalue weighted by Crippen LogP contribution is -2.39. The first-order valence-electron chi connectivity index (χ1n) is 12.1. The summed E-state index contributed by atoms with van der Waals surface area (Å²) in [6, 6.07) is 23.0. The van der Waals surface area contributed by atoms with Crippen molar-refractivity contribution < 1.29 is 9.59 Å². The number of fused-ring (bicyclic) bond motifs is 1. The third-order valence-electron chi connectivity index (χ3n) is 6.36. The highest BCUT2D eigenvalue weighted by Gasteiger charge is 2.29. The van der Waals surface area contributed by atoms with Crippen molar-refractivity contribution in [3.8, 4) is 0 Å². The standard InChI is InChI=1S/C29H33ClN4O2/c1-31(2)15-16-32(3)18-22-7-6-8-23(17-22)19-34-27-10-5-4-9-25(27)20-33(21-28(34)35)29(36)24-11-13-26(30)14-12-24/h4-14,17H,15-16,18-21H2,1-3H3. The Balaban J connectivity index is 1.53. The third kappa shape index (κ3) is 6.52. The summed E-state index contributed by atoms with van der Waals surface area (Å²) in [5.74, 6) is -0.282. The summed E-state index contributed by atoms with van der Waals surface area (Å²) in [5.41, 5.74) is 4.59. The molecule has 0 spiro atoms. The molecule has 7 heteroatoms. The molecule has 1 aliphatic heterocycles. The summed E-state index contributed by atoms with van der Waals surface area (Å²) in [4.78, 5) is 34.6. The molecule has 0 unspecified atom stereocenters. The van der Waals surface area contributed by atoms with E-state index in [0.29, 0.717) is 23.7 Å². The van der Waals surface area contributed by atoms with Crippen LogP contribution >= 0.6 is 11.6 Å². The van der Waals surface area contributed by atoms with Crippen LogP contribution in [0.25, 0.3) is 0 Å². The van der Waals surface area contributed by atoms with Crippen LogP contribution in [-0.2, 0) is 24.4 Å². The first-order chi connectivity index (χ1) is 17.3. The Morgan fingerprint density at radius 2 is 1.61 bits per heavy atom. The normalized spacial score (nSPS) is 13.8. The van der Waals surface area contributed by atoms with E-state index in [4.69, 9.17) is 11.6 Å². The van der Waals surface area contributed by atoms with E-state index in [1.807, 2.05) is 24.3 Å². The summed E-state index contributed by atoms with van der Waals surface area (Å²) in [5, 5.41) is 0.570. The molecule has 0 saturated heterocycles. The van der Waals surface area contributed by atoms with Gasteiger partial charge >= 0.3 is 0 Å². The number of benzene rings is 3. The average molecular weight is 505 g/mol. The van der Waals surface area contributed by atoms with Crippen LogP contribution in [0.4, 0.5) is 5.69 Å². The van der Waals surface area contributed by atoms with Gasteiger partial charge in [-0.05, 0) is 68.2 Å². The Labute approximate surface area is 218 Å². The molecule has 1 heterocycles. The second-order valence-electron chi connectivity index (χ2n) is 9.64. The maximum atomic E-state index is 13.5. The van der Waals surface area contributed by atoms with E-state index in [2.05, 4.69) is 55.2 Å². The second-order valence-corrected chi connectivity index (χ2v) is 10.1. The number of rotatable bonds is 8. The average Bonchev–Trinajstić information content (AvgIpc) is 2.99. The molecule has 0 N–H and O–H groups in total. The number of amides is 2. The van der Waals surface area contributed by atoms with Crippen molar-refractivity contribution in [2.45, 2.75) is 19.6 Å². The van der Waals surface area contributed by atoms with Crippen LogP contribution < -0.4 is 4.90 Å². The summed E-state index contributed by atoms with van der Waals surface area (Å²) in [6.45, 7) is 3.66. The van der Waals surface area contributed by atoms with E-state index in [1.165, 1.54) is 5.56 Å². The first kappa shape index (κ1) is 25.9.